The van der Waals surface area contributed by atoms with Gasteiger partial charge in [0.2, 0.25) is 0 Å². The molecule has 0 spiro atoms. The van der Waals surface area contributed by atoms with Crippen LogP contribution in [-0.4, -0.2) is 38.4 Å². The molecule has 2 heterocycles. The predicted molar refractivity (Wildman–Crippen MR) is 75.1 cm³/mol. The van der Waals surface area contributed by atoms with Crippen molar-refractivity contribution in [2.24, 2.45) is 0 Å². The Kier molecular flexibility index (Phi) is 4.69. The van der Waals surface area contributed by atoms with Gasteiger partial charge in [0.05, 0.1) is 29.6 Å². The molecule has 0 aromatic carbocycles. The van der Waals surface area contributed by atoms with E-state index in [1.165, 1.54) is 16.9 Å². The summed E-state index contributed by atoms with van der Waals surface area (Å²) in [5.74, 6) is -0.257. The van der Waals surface area contributed by atoms with E-state index in [0.717, 1.165) is 6.07 Å². The molecule has 124 valence electrons. The van der Waals surface area contributed by atoms with Crippen LogP contribution in [0, 0.1) is 6.92 Å². The quantitative estimate of drug-likeness (QED) is 0.895. The zero-order valence-electron chi connectivity index (χ0n) is 12.4. The predicted octanol–water partition coefficient (Wildman–Crippen LogP) is 1.71. The van der Waals surface area contributed by atoms with E-state index in [-0.39, 0.29) is 18.0 Å². The van der Waals surface area contributed by atoms with Crippen LogP contribution in [0.15, 0.2) is 24.5 Å². The topological polar surface area (TPSA) is 80.0 Å². The SMILES string of the molecule is Cc1c(C(=O)NC(C)CO)cnn1-c1ccc(C(F)(F)F)cn1. The highest BCUT2D eigenvalue weighted by Gasteiger charge is 2.30. The molecule has 2 rings (SSSR count). The Hall–Kier alpha value is -2.42. The van der Waals surface area contributed by atoms with Crippen molar-refractivity contribution in [1.82, 2.24) is 20.1 Å². The lowest BCUT2D eigenvalue weighted by Crippen LogP contribution is -2.35. The van der Waals surface area contributed by atoms with Crippen LogP contribution in [0.4, 0.5) is 13.2 Å². The number of hydrogen-bond donors (Lipinski definition) is 2. The van der Waals surface area contributed by atoms with Crippen molar-refractivity contribution in [2.45, 2.75) is 26.1 Å². The number of aromatic nitrogens is 3. The molecule has 2 aromatic rings. The third-order valence-electron chi connectivity index (χ3n) is 3.20. The Balaban J connectivity index is 2.27. The molecule has 23 heavy (non-hydrogen) atoms. The Bertz CT molecular complexity index is 695. The maximum atomic E-state index is 12.5. The van der Waals surface area contributed by atoms with Gasteiger partial charge >= 0.3 is 6.18 Å². The molecule has 0 saturated heterocycles. The highest BCUT2D eigenvalue weighted by Crippen LogP contribution is 2.28. The summed E-state index contributed by atoms with van der Waals surface area (Å²) >= 11 is 0. The van der Waals surface area contributed by atoms with Crippen molar-refractivity contribution in [1.29, 1.82) is 0 Å². The molecule has 0 aliphatic heterocycles. The monoisotopic (exact) mass is 328 g/mol. The first kappa shape index (κ1) is 16.9. The van der Waals surface area contributed by atoms with E-state index in [2.05, 4.69) is 15.4 Å². The van der Waals surface area contributed by atoms with Gasteiger partial charge < -0.3 is 10.4 Å². The molecule has 1 amide bonds. The van der Waals surface area contributed by atoms with Crippen LogP contribution in [0.3, 0.4) is 0 Å². The smallest absolute Gasteiger partial charge is 0.394 e. The van der Waals surface area contributed by atoms with E-state index in [1.54, 1.807) is 13.8 Å². The van der Waals surface area contributed by atoms with Gasteiger partial charge in [-0.15, -0.1) is 0 Å². The molecular weight excluding hydrogens is 313 g/mol. The average Bonchev–Trinajstić information content (AvgIpc) is 2.88. The first-order chi connectivity index (χ1) is 10.7. The normalized spacial score (nSPS) is 13.0. The fraction of sp³-hybridized carbons (Fsp3) is 0.357. The minimum absolute atomic E-state index is 0.171. The summed E-state index contributed by atoms with van der Waals surface area (Å²) in [5.41, 5.74) is -0.173. The van der Waals surface area contributed by atoms with E-state index in [1.807, 2.05) is 0 Å². The number of halogens is 3. The average molecular weight is 328 g/mol. The number of nitrogens with one attached hydrogen (secondary N) is 1. The van der Waals surface area contributed by atoms with Gasteiger partial charge in [-0.05, 0) is 26.0 Å². The molecule has 2 aromatic heterocycles. The fourth-order valence-corrected chi connectivity index (χ4v) is 1.89. The number of nitrogens with zero attached hydrogens (tertiary/aromatic N) is 3. The number of pyridine rings is 1. The zero-order chi connectivity index (χ0) is 17.2. The molecular formula is C14H15F3N4O2. The maximum Gasteiger partial charge on any atom is 0.417 e. The molecule has 0 bridgehead atoms. The second-order valence-corrected chi connectivity index (χ2v) is 5.02. The van der Waals surface area contributed by atoms with Crippen LogP contribution in [0.1, 0.15) is 28.5 Å². The van der Waals surface area contributed by atoms with Crippen LogP contribution in [0.5, 0.6) is 0 Å². The van der Waals surface area contributed by atoms with E-state index in [4.69, 9.17) is 5.11 Å². The molecule has 1 atom stereocenters. The van der Waals surface area contributed by atoms with E-state index >= 15 is 0 Å². The van der Waals surface area contributed by atoms with E-state index in [9.17, 15) is 18.0 Å². The van der Waals surface area contributed by atoms with Gasteiger partial charge in [-0.3, -0.25) is 4.79 Å². The number of carbonyl (C=O) groups is 1. The Morgan fingerprint density at radius 2 is 2.09 bits per heavy atom. The lowest BCUT2D eigenvalue weighted by atomic mass is 10.2. The Morgan fingerprint density at radius 1 is 1.39 bits per heavy atom. The number of aliphatic hydroxyl groups is 1. The number of rotatable bonds is 4. The highest BCUT2D eigenvalue weighted by molar-refractivity contribution is 5.95. The number of aliphatic hydroxyl groups excluding tert-OH is 1. The van der Waals surface area contributed by atoms with Gasteiger partial charge in [0, 0.05) is 12.2 Å². The van der Waals surface area contributed by atoms with Crippen molar-refractivity contribution < 1.29 is 23.1 Å². The van der Waals surface area contributed by atoms with Crippen molar-refractivity contribution in [3.8, 4) is 5.82 Å². The molecule has 0 aliphatic carbocycles. The molecule has 0 aliphatic rings. The molecule has 2 N–H and O–H groups in total. The maximum absolute atomic E-state index is 12.5. The summed E-state index contributed by atoms with van der Waals surface area (Å²) in [6.07, 6.45) is -2.45. The van der Waals surface area contributed by atoms with Gasteiger partial charge in [-0.25, -0.2) is 9.67 Å². The van der Waals surface area contributed by atoms with Gasteiger partial charge in [-0.1, -0.05) is 0 Å². The number of amides is 1. The zero-order valence-corrected chi connectivity index (χ0v) is 12.4. The van der Waals surface area contributed by atoms with E-state index < -0.39 is 23.7 Å². The van der Waals surface area contributed by atoms with Crippen LogP contribution < -0.4 is 5.32 Å². The van der Waals surface area contributed by atoms with E-state index in [0.29, 0.717) is 11.9 Å². The third kappa shape index (κ3) is 3.67. The van der Waals surface area contributed by atoms with Crippen LogP contribution in [0.2, 0.25) is 0 Å². The van der Waals surface area contributed by atoms with Crippen LogP contribution in [-0.2, 0) is 6.18 Å². The lowest BCUT2D eigenvalue weighted by Gasteiger charge is -2.10. The molecule has 0 fully saturated rings. The van der Waals surface area contributed by atoms with Gasteiger partial charge in [0.1, 0.15) is 0 Å². The van der Waals surface area contributed by atoms with Crippen LogP contribution >= 0.6 is 0 Å². The van der Waals surface area contributed by atoms with Gasteiger partial charge in [0.25, 0.3) is 5.91 Å². The summed E-state index contributed by atoms with van der Waals surface area (Å²) in [7, 11) is 0. The summed E-state index contributed by atoms with van der Waals surface area (Å²) in [4.78, 5) is 15.8. The number of carbonyl (C=O) groups excluding carboxylic acids is 1. The second kappa shape index (κ2) is 6.37. The summed E-state index contributed by atoms with van der Waals surface area (Å²) in [6.45, 7) is 3.03. The Labute approximate surface area is 130 Å². The molecule has 0 radical (unpaired) electrons. The van der Waals surface area contributed by atoms with Crippen LogP contribution in [0.25, 0.3) is 5.82 Å². The standard InChI is InChI=1S/C14H15F3N4O2/c1-8(7-22)20-13(23)11-6-19-21(9(11)2)12-4-3-10(5-18-12)14(15,16)17/h3-6,8,22H,7H2,1-2H3,(H,20,23). The first-order valence-electron chi connectivity index (χ1n) is 6.74. The highest BCUT2D eigenvalue weighted by atomic mass is 19.4. The summed E-state index contributed by atoms with van der Waals surface area (Å²) in [5, 5.41) is 15.5. The van der Waals surface area contributed by atoms with Gasteiger partial charge in [0.15, 0.2) is 5.82 Å². The van der Waals surface area contributed by atoms with Crippen molar-refractivity contribution in [2.75, 3.05) is 6.61 Å². The summed E-state index contributed by atoms with van der Waals surface area (Å²) < 4.78 is 38.9. The van der Waals surface area contributed by atoms with Gasteiger partial charge in [-0.2, -0.15) is 18.3 Å². The largest absolute Gasteiger partial charge is 0.417 e. The molecule has 6 nitrogen and oxygen atoms in total. The van der Waals surface area contributed by atoms with Crippen molar-refractivity contribution in [3.05, 3.63) is 41.3 Å². The first-order valence-corrected chi connectivity index (χ1v) is 6.74. The number of hydrogen-bond acceptors (Lipinski definition) is 4. The molecule has 9 heteroatoms. The minimum Gasteiger partial charge on any atom is -0.394 e. The third-order valence-corrected chi connectivity index (χ3v) is 3.20. The number of alkyl halides is 3. The lowest BCUT2D eigenvalue weighted by molar-refractivity contribution is -0.137. The Morgan fingerprint density at radius 3 is 2.61 bits per heavy atom. The molecule has 1 unspecified atom stereocenters. The fourth-order valence-electron chi connectivity index (χ4n) is 1.89. The van der Waals surface area contributed by atoms with Crippen molar-refractivity contribution >= 4 is 5.91 Å². The molecule has 0 saturated carbocycles. The minimum atomic E-state index is -4.46. The second-order valence-electron chi connectivity index (χ2n) is 5.02. The van der Waals surface area contributed by atoms with Crippen molar-refractivity contribution in [3.63, 3.8) is 0 Å². The summed E-state index contributed by atoms with van der Waals surface area (Å²) in [6, 6.07) is 1.66.